The minimum atomic E-state index is -0.519. The van der Waals surface area contributed by atoms with Crippen LogP contribution in [0.3, 0.4) is 0 Å². The number of hydrogen-bond donors (Lipinski definition) is 1. The molecule has 0 saturated carbocycles. The third kappa shape index (κ3) is 4.63. The number of carbonyl (C=O) groups excluding carboxylic acids is 1. The molecule has 0 unspecified atom stereocenters. The topological polar surface area (TPSA) is 66.0 Å². The highest BCUT2D eigenvalue weighted by atomic mass is 35.5. The number of nitrogens with zero attached hydrogens (tertiary/aromatic N) is 1. The fourth-order valence-corrected chi connectivity index (χ4v) is 2.58. The molecule has 1 aromatic heterocycles. The first-order valence-corrected chi connectivity index (χ1v) is 8.44. The van der Waals surface area contributed by atoms with Gasteiger partial charge in [0.15, 0.2) is 0 Å². The van der Waals surface area contributed by atoms with Gasteiger partial charge in [-0.2, -0.15) is 5.26 Å². The molecule has 0 aliphatic rings. The molecule has 0 spiro atoms. The molecule has 4 nitrogen and oxygen atoms in total. The highest BCUT2D eigenvalue weighted by Gasteiger charge is 2.11. The Kier molecular flexibility index (Phi) is 5.70. The summed E-state index contributed by atoms with van der Waals surface area (Å²) in [5.41, 5.74) is 1.44. The van der Waals surface area contributed by atoms with Gasteiger partial charge in [0, 0.05) is 18.2 Å². The molecule has 0 fully saturated rings. The number of benzene rings is 2. The summed E-state index contributed by atoms with van der Waals surface area (Å²) in [5.74, 6) is -0.236. The largest absolute Gasteiger partial charge is 0.457 e. The highest BCUT2D eigenvalue weighted by molar-refractivity contribution is 6.31. The lowest BCUT2D eigenvalue weighted by atomic mass is 10.2. The van der Waals surface area contributed by atoms with Crippen molar-refractivity contribution in [2.75, 3.05) is 0 Å². The van der Waals surface area contributed by atoms with Gasteiger partial charge < -0.3 is 9.73 Å². The van der Waals surface area contributed by atoms with Gasteiger partial charge in [0.2, 0.25) is 0 Å². The van der Waals surface area contributed by atoms with Gasteiger partial charge in [0.05, 0.1) is 5.02 Å². The van der Waals surface area contributed by atoms with E-state index < -0.39 is 11.7 Å². The molecule has 0 saturated heterocycles. The molecule has 0 aliphatic heterocycles. The number of nitrogens with one attached hydrogen (secondary N) is 1. The maximum absolute atomic E-state index is 13.3. The predicted octanol–water partition coefficient (Wildman–Crippen LogP) is 4.96. The number of furan rings is 1. The Morgan fingerprint density at radius 1 is 1.19 bits per heavy atom. The van der Waals surface area contributed by atoms with Crippen molar-refractivity contribution in [1.29, 1.82) is 5.26 Å². The lowest BCUT2D eigenvalue weighted by molar-refractivity contribution is -0.117. The third-order valence-corrected chi connectivity index (χ3v) is 4.07. The highest BCUT2D eigenvalue weighted by Crippen LogP contribution is 2.27. The molecule has 3 aromatic rings. The van der Waals surface area contributed by atoms with Crippen LogP contribution in [-0.2, 0) is 11.3 Å². The summed E-state index contributed by atoms with van der Waals surface area (Å²) in [6, 6.07) is 18.7. The van der Waals surface area contributed by atoms with Crippen molar-refractivity contribution in [2.45, 2.75) is 6.54 Å². The zero-order valence-corrected chi connectivity index (χ0v) is 14.8. The van der Waals surface area contributed by atoms with E-state index >= 15 is 0 Å². The van der Waals surface area contributed by atoms with Crippen LogP contribution in [0.15, 0.2) is 70.7 Å². The molecule has 1 amide bonds. The number of nitriles is 1. The van der Waals surface area contributed by atoms with E-state index in [1.165, 1.54) is 24.3 Å². The van der Waals surface area contributed by atoms with Crippen molar-refractivity contribution in [2.24, 2.45) is 0 Å². The fourth-order valence-electron chi connectivity index (χ4n) is 2.40. The van der Waals surface area contributed by atoms with Gasteiger partial charge in [-0.3, -0.25) is 4.79 Å². The molecule has 1 N–H and O–H groups in total. The van der Waals surface area contributed by atoms with Crippen LogP contribution in [0.4, 0.5) is 4.39 Å². The first-order chi connectivity index (χ1) is 13.1. The predicted molar refractivity (Wildman–Crippen MR) is 101 cm³/mol. The van der Waals surface area contributed by atoms with Crippen LogP contribution in [0.1, 0.15) is 11.3 Å². The van der Waals surface area contributed by atoms with Crippen LogP contribution in [0.5, 0.6) is 0 Å². The van der Waals surface area contributed by atoms with E-state index in [1.807, 2.05) is 36.4 Å². The molecular formula is C21H14ClFN2O2. The van der Waals surface area contributed by atoms with E-state index in [1.54, 1.807) is 12.1 Å². The van der Waals surface area contributed by atoms with Gasteiger partial charge in [-0.15, -0.1) is 0 Å². The standard InChI is InChI=1S/C21H14ClFN2O2/c22-18-11-15(6-8-19(18)23)20-9-7-17(27-20)10-16(12-24)21(26)25-13-14-4-2-1-3-5-14/h1-11H,13H2,(H,25,26)/b16-10+. The Morgan fingerprint density at radius 2 is 1.96 bits per heavy atom. The number of carbonyl (C=O) groups is 1. The van der Waals surface area contributed by atoms with Crippen LogP contribution in [0, 0.1) is 17.1 Å². The molecule has 0 radical (unpaired) electrons. The van der Waals surface area contributed by atoms with E-state index in [2.05, 4.69) is 5.32 Å². The van der Waals surface area contributed by atoms with Gasteiger partial charge in [-0.05, 0) is 35.9 Å². The van der Waals surface area contributed by atoms with Crippen LogP contribution in [0.2, 0.25) is 5.02 Å². The average molecular weight is 381 g/mol. The Labute approximate surface area is 160 Å². The molecule has 3 rings (SSSR count). The molecule has 134 valence electrons. The van der Waals surface area contributed by atoms with E-state index in [-0.39, 0.29) is 10.6 Å². The van der Waals surface area contributed by atoms with Crippen molar-refractivity contribution >= 4 is 23.6 Å². The van der Waals surface area contributed by atoms with Gasteiger partial charge in [-0.1, -0.05) is 41.9 Å². The average Bonchev–Trinajstić information content (AvgIpc) is 3.16. The smallest absolute Gasteiger partial charge is 0.262 e. The van der Waals surface area contributed by atoms with Crippen molar-refractivity contribution < 1.29 is 13.6 Å². The van der Waals surface area contributed by atoms with Crippen molar-refractivity contribution in [3.8, 4) is 17.4 Å². The van der Waals surface area contributed by atoms with Gasteiger partial charge in [0.25, 0.3) is 5.91 Å². The molecule has 27 heavy (non-hydrogen) atoms. The summed E-state index contributed by atoms with van der Waals surface area (Å²) in [6.45, 7) is 0.316. The number of halogens is 2. The van der Waals surface area contributed by atoms with Crippen LogP contribution >= 0.6 is 11.6 Å². The van der Waals surface area contributed by atoms with E-state index in [9.17, 15) is 14.4 Å². The number of amides is 1. The Balaban J connectivity index is 1.74. The molecule has 1 heterocycles. The third-order valence-electron chi connectivity index (χ3n) is 3.78. The molecular weight excluding hydrogens is 367 g/mol. The summed E-state index contributed by atoms with van der Waals surface area (Å²) in [6.07, 6.45) is 1.36. The number of hydrogen-bond acceptors (Lipinski definition) is 3. The van der Waals surface area contributed by atoms with Crippen LogP contribution < -0.4 is 5.32 Å². The fraction of sp³-hybridized carbons (Fsp3) is 0.0476. The minimum Gasteiger partial charge on any atom is -0.457 e. The second kappa shape index (κ2) is 8.35. The lowest BCUT2D eigenvalue weighted by Crippen LogP contribution is -2.23. The number of rotatable bonds is 5. The van der Waals surface area contributed by atoms with Crippen molar-refractivity contribution in [3.05, 3.63) is 88.4 Å². The molecule has 0 aliphatic carbocycles. The maximum Gasteiger partial charge on any atom is 0.262 e. The van der Waals surface area contributed by atoms with Crippen LogP contribution in [0.25, 0.3) is 17.4 Å². The second-order valence-corrected chi connectivity index (χ2v) is 6.08. The summed E-state index contributed by atoms with van der Waals surface area (Å²) in [7, 11) is 0. The van der Waals surface area contributed by atoms with E-state index in [4.69, 9.17) is 16.0 Å². The summed E-state index contributed by atoms with van der Waals surface area (Å²) >= 11 is 5.78. The maximum atomic E-state index is 13.3. The SMILES string of the molecule is N#C/C(=C\c1ccc(-c2ccc(F)c(Cl)c2)o1)C(=O)NCc1ccccc1. The summed E-state index contributed by atoms with van der Waals surface area (Å²) in [4.78, 5) is 12.2. The van der Waals surface area contributed by atoms with Crippen molar-refractivity contribution in [1.82, 2.24) is 5.32 Å². The molecule has 0 bridgehead atoms. The quantitative estimate of drug-likeness (QED) is 0.502. The Bertz CT molecular complexity index is 1040. The van der Waals surface area contributed by atoms with Gasteiger partial charge in [0.1, 0.15) is 29.0 Å². The van der Waals surface area contributed by atoms with Gasteiger partial charge >= 0.3 is 0 Å². The monoisotopic (exact) mass is 380 g/mol. The lowest BCUT2D eigenvalue weighted by Gasteiger charge is -2.04. The van der Waals surface area contributed by atoms with E-state index in [0.717, 1.165) is 5.56 Å². The Morgan fingerprint density at radius 3 is 2.67 bits per heavy atom. The minimum absolute atomic E-state index is 0.0148. The first-order valence-electron chi connectivity index (χ1n) is 8.06. The van der Waals surface area contributed by atoms with Crippen molar-refractivity contribution in [3.63, 3.8) is 0 Å². The second-order valence-electron chi connectivity index (χ2n) is 5.67. The van der Waals surface area contributed by atoms with Gasteiger partial charge in [-0.25, -0.2) is 4.39 Å². The molecule has 0 atom stereocenters. The summed E-state index contributed by atoms with van der Waals surface area (Å²) in [5, 5.41) is 11.9. The van der Waals surface area contributed by atoms with Crippen LogP contribution in [-0.4, -0.2) is 5.91 Å². The first kappa shape index (κ1) is 18.4. The molecule has 6 heteroatoms. The zero-order chi connectivity index (χ0) is 19.2. The van der Waals surface area contributed by atoms with E-state index in [0.29, 0.717) is 23.6 Å². The molecule has 2 aromatic carbocycles. The zero-order valence-electron chi connectivity index (χ0n) is 14.1. The Hall–Kier alpha value is -3.36. The summed E-state index contributed by atoms with van der Waals surface area (Å²) < 4.78 is 18.9. The normalized spacial score (nSPS) is 11.1.